The largest absolute Gasteiger partial charge is 0.481 e. The molecule has 3 aromatic rings. The smallest absolute Gasteiger partial charge is 0.418 e. The van der Waals surface area contributed by atoms with Crippen LogP contribution in [0, 0.1) is 12.8 Å². The van der Waals surface area contributed by atoms with Crippen LogP contribution in [-0.4, -0.2) is 23.7 Å². The first-order valence-electron chi connectivity index (χ1n) is 13.4. The van der Waals surface area contributed by atoms with Crippen molar-refractivity contribution in [2.24, 2.45) is 5.92 Å². The molecule has 1 aliphatic heterocycles. The van der Waals surface area contributed by atoms with Gasteiger partial charge in [0.25, 0.3) is 0 Å². The summed E-state index contributed by atoms with van der Waals surface area (Å²) in [4.78, 5) is 14.3. The molecule has 3 aromatic carbocycles. The van der Waals surface area contributed by atoms with Gasteiger partial charge in [-0.15, -0.1) is 0 Å². The highest BCUT2D eigenvalue weighted by atomic mass is 19.4. The van der Waals surface area contributed by atoms with E-state index in [0.29, 0.717) is 18.5 Å². The van der Waals surface area contributed by atoms with E-state index in [2.05, 4.69) is 0 Å². The molecule has 1 aliphatic rings. The van der Waals surface area contributed by atoms with E-state index in [1.54, 1.807) is 6.07 Å². The minimum absolute atomic E-state index is 0.0789. The summed E-state index contributed by atoms with van der Waals surface area (Å²) in [5, 5.41) is 10.1. The van der Waals surface area contributed by atoms with E-state index >= 15 is 0 Å². The lowest BCUT2D eigenvalue weighted by molar-refractivity contribution is -0.141. The van der Waals surface area contributed by atoms with Gasteiger partial charge in [-0.1, -0.05) is 68.4 Å². The number of carboxylic acids is 1. The Morgan fingerprint density at radius 2 is 1.68 bits per heavy atom. The predicted octanol–water partition coefficient (Wildman–Crippen LogP) is 8.50. The van der Waals surface area contributed by atoms with Crippen LogP contribution in [0.4, 0.5) is 18.9 Å². The molecule has 202 valence electrons. The van der Waals surface area contributed by atoms with Crippen molar-refractivity contribution in [2.75, 3.05) is 11.4 Å². The lowest BCUT2D eigenvalue weighted by Crippen LogP contribution is -2.42. The number of hydrogen-bond donors (Lipinski definition) is 1. The van der Waals surface area contributed by atoms with Crippen molar-refractivity contribution in [3.63, 3.8) is 0 Å². The van der Waals surface area contributed by atoms with Crippen molar-refractivity contribution in [1.82, 2.24) is 0 Å². The number of aliphatic carboxylic acids is 1. The Morgan fingerprint density at radius 3 is 2.32 bits per heavy atom. The van der Waals surface area contributed by atoms with Crippen LogP contribution in [0.15, 0.2) is 66.7 Å². The van der Waals surface area contributed by atoms with Gasteiger partial charge in [-0.2, -0.15) is 13.2 Å². The minimum atomic E-state index is -4.70. The Kier molecular flexibility index (Phi) is 8.49. The summed E-state index contributed by atoms with van der Waals surface area (Å²) in [6, 6.07) is 20.2. The number of piperidine rings is 1. The molecule has 0 saturated carbocycles. The fourth-order valence-electron chi connectivity index (χ4n) is 5.71. The second-order valence-corrected chi connectivity index (χ2v) is 10.8. The van der Waals surface area contributed by atoms with Gasteiger partial charge in [0, 0.05) is 12.6 Å². The molecule has 1 N–H and O–H groups in total. The number of hydrogen-bond acceptors (Lipinski definition) is 2. The average Bonchev–Trinajstić information content (AvgIpc) is 2.88. The molecule has 0 amide bonds. The highest BCUT2D eigenvalue weighted by Gasteiger charge is 2.42. The first kappa shape index (κ1) is 27.7. The van der Waals surface area contributed by atoms with Crippen molar-refractivity contribution in [3.05, 3.63) is 89.0 Å². The molecule has 0 bridgehead atoms. The lowest BCUT2D eigenvalue weighted by atomic mass is 9.83. The van der Waals surface area contributed by atoms with Crippen molar-refractivity contribution < 1.29 is 23.1 Å². The Labute approximate surface area is 223 Å². The zero-order chi connectivity index (χ0) is 27.4. The molecule has 4 rings (SSSR count). The number of carbonyl (C=O) groups is 1. The van der Waals surface area contributed by atoms with E-state index in [9.17, 15) is 23.1 Å². The number of carboxylic acid groups (broad SMARTS) is 1. The SMILES string of the molecule is Cc1ccccc1CC1CCCCN1c1cc(-c2ccccc2)cc(C(CC(C)C)C(=O)O)c1C(F)(F)F. The monoisotopic (exact) mass is 523 g/mol. The maximum absolute atomic E-state index is 15.0. The molecule has 0 aromatic heterocycles. The molecular formula is C32H36F3NO2. The summed E-state index contributed by atoms with van der Waals surface area (Å²) >= 11 is 0. The number of aryl methyl sites for hydroxylation is 1. The standard InChI is InChI=1S/C32H36F3NO2/c1-21(2)17-28(31(37)38)27-19-25(23-12-5-4-6-13-23)20-29(30(27)32(33,34)35)36-16-10-9-15-26(36)18-24-14-8-7-11-22(24)3/h4-8,11-14,19-21,26,28H,9-10,15-18H2,1-3H3,(H,37,38). The molecule has 0 aliphatic carbocycles. The quantitative estimate of drug-likeness (QED) is 0.322. The fraction of sp³-hybridized carbons (Fsp3) is 0.406. The van der Waals surface area contributed by atoms with Crippen LogP contribution >= 0.6 is 0 Å². The molecular weight excluding hydrogens is 487 g/mol. The van der Waals surface area contributed by atoms with Crippen molar-refractivity contribution >= 4 is 11.7 Å². The number of rotatable bonds is 8. The predicted molar refractivity (Wildman–Crippen MR) is 147 cm³/mol. The van der Waals surface area contributed by atoms with Crippen LogP contribution < -0.4 is 4.90 Å². The molecule has 1 saturated heterocycles. The van der Waals surface area contributed by atoms with Crippen LogP contribution in [-0.2, 0) is 17.4 Å². The number of nitrogens with zero attached hydrogens (tertiary/aromatic N) is 1. The van der Waals surface area contributed by atoms with E-state index < -0.39 is 23.6 Å². The van der Waals surface area contributed by atoms with Gasteiger partial charge in [-0.25, -0.2) is 0 Å². The zero-order valence-electron chi connectivity index (χ0n) is 22.3. The summed E-state index contributed by atoms with van der Waals surface area (Å²) in [6.45, 7) is 6.21. The third-order valence-corrected chi connectivity index (χ3v) is 7.57. The zero-order valence-corrected chi connectivity index (χ0v) is 22.3. The van der Waals surface area contributed by atoms with Crippen LogP contribution in [0.1, 0.15) is 67.7 Å². The van der Waals surface area contributed by atoms with E-state index in [1.807, 2.05) is 80.3 Å². The van der Waals surface area contributed by atoms with Gasteiger partial charge in [-0.05, 0) is 84.9 Å². The number of halogens is 3. The Morgan fingerprint density at radius 1 is 1.00 bits per heavy atom. The van der Waals surface area contributed by atoms with Gasteiger partial charge in [0.05, 0.1) is 17.2 Å². The van der Waals surface area contributed by atoms with E-state index in [-0.39, 0.29) is 29.6 Å². The van der Waals surface area contributed by atoms with Crippen molar-refractivity contribution in [1.29, 1.82) is 0 Å². The first-order valence-corrected chi connectivity index (χ1v) is 13.4. The maximum Gasteiger partial charge on any atom is 0.418 e. The second-order valence-electron chi connectivity index (χ2n) is 10.8. The lowest BCUT2D eigenvalue weighted by Gasteiger charge is -2.40. The van der Waals surface area contributed by atoms with Crippen LogP contribution in [0.5, 0.6) is 0 Å². The molecule has 38 heavy (non-hydrogen) atoms. The van der Waals surface area contributed by atoms with Crippen LogP contribution in [0.2, 0.25) is 0 Å². The van der Waals surface area contributed by atoms with Gasteiger partial charge in [0.2, 0.25) is 0 Å². The van der Waals surface area contributed by atoms with E-state index in [0.717, 1.165) is 36.0 Å². The molecule has 6 heteroatoms. The van der Waals surface area contributed by atoms with E-state index in [4.69, 9.17) is 0 Å². The highest BCUT2D eigenvalue weighted by molar-refractivity contribution is 5.81. The van der Waals surface area contributed by atoms with E-state index in [1.165, 1.54) is 6.07 Å². The van der Waals surface area contributed by atoms with Crippen molar-refractivity contribution in [3.8, 4) is 11.1 Å². The van der Waals surface area contributed by atoms with Crippen molar-refractivity contribution in [2.45, 2.75) is 71.0 Å². The Balaban J connectivity index is 1.95. The number of alkyl halides is 3. The summed E-state index contributed by atoms with van der Waals surface area (Å²) in [6.07, 6.45) is -1.41. The molecule has 1 fully saturated rings. The molecule has 0 radical (unpaired) electrons. The third-order valence-electron chi connectivity index (χ3n) is 7.57. The van der Waals surface area contributed by atoms with Gasteiger partial charge < -0.3 is 10.0 Å². The Hall–Kier alpha value is -3.28. The van der Waals surface area contributed by atoms with Crippen LogP contribution in [0.3, 0.4) is 0 Å². The van der Waals surface area contributed by atoms with Gasteiger partial charge in [-0.3, -0.25) is 4.79 Å². The molecule has 2 atom stereocenters. The van der Waals surface area contributed by atoms with Gasteiger partial charge in [0.1, 0.15) is 0 Å². The van der Waals surface area contributed by atoms with Crippen LogP contribution in [0.25, 0.3) is 11.1 Å². The molecule has 1 heterocycles. The van der Waals surface area contributed by atoms with Gasteiger partial charge in [0.15, 0.2) is 0 Å². The summed E-state index contributed by atoms with van der Waals surface area (Å²) in [5.41, 5.74) is 2.78. The summed E-state index contributed by atoms with van der Waals surface area (Å²) < 4.78 is 44.9. The normalized spacial score (nSPS) is 17.0. The summed E-state index contributed by atoms with van der Waals surface area (Å²) in [5.74, 6) is -2.56. The molecule has 2 unspecified atom stereocenters. The minimum Gasteiger partial charge on any atom is -0.481 e. The number of anilines is 1. The highest BCUT2D eigenvalue weighted by Crippen LogP contribution is 2.47. The topological polar surface area (TPSA) is 40.5 Å². The second kappa shape index (κ2) is 11.6. The van der Waals surface area contributed by atoms with Gasteiger partial charge >= 0.3 is 12.1 Å². The maximum atomic E-state index is 15.0. The fourth-order valence-corrected chi connectivity index (χ4v) is 5.71. The Bertz CT molecular complexity index is 1250. The first-order chi connectivity index (χ1) is 18.1. The third kappa shape index (κ3) is 6.23. The molecule has 0 spiro atoms. The number of benzene rings is 3. The molecule has 3 nitrogen and oxygen atoms in total. The average molecular weight is 524 g/mol. The summed E-state index contributed by atoms with van der Waals surface area (Å²) in [7, 11) is 0.